The third-order valence-corrected chi connectivity index (χ3v) is 10.7. The molecule has 0 bridgehead atoms. The van der Waals surface area contributed by atoms with Crippen molar-refractivity contribution in [2.24, 2.45) is 0 Å². The third kappa shape index (κ3) is 3.88. The Kier molecular flexibility index (Phi) is 6.11. The van der Waals surface area contributed by atoms with Crippen LogP contribution in [0.5, 0.6) is 0 Å². The molecular formula is C21H26OSi. The first-order chi connectivity index (χ1) is 11.2. The summed E-state index contributed by atoms with van der Waals surface area (Å²) in [6.07, 6.45) is 1.92. The lowest BCUT2D eigenvalue weighted by atomic mass is 10.1. The van der Waals surface area contributed by atoms with Gasteiger partial charge in [0.25, 0.3) is 0 Å². The minimum absolute atomic E-state index is 0.122. The maximum absolute atomic E-state index is 12.8. The van der Waals surface area contributed by atoms with E-state index in [0.717, 1.165) is 5.56 Å². The molecule has 0 radical (unpaired) electrons. The predicted molar refractivity (Wildman–Crippen MR) is 102 cm³/mol. The number of hydrogen-bond acceptors (Lipinski definition) is 1. The van der Waals surface area contributed by atoms with Crippen LogP contribution in [-0.4, -0.2) is 13.9 Å². The summed E-state index contributed by atoms with van der Waals surface area (Å²) in [5.74, 6) is 0.122. The zero-order chi connectivity index (χ0) is 16.7. The molecule has 0 heterocycles. The number of benzene rings is 2. The first kappa shape index (κ1) is 17.4. The topological polar surface area (TPSA) is 17.1 Å². The standard InChI is InChI=1S/C21H26OSi/c1-4-23(5-2,6-3)21(19-15-11-8-12-16-19)17-20(22)18-13-9-7-10-14-18/h7-17H,4-6H2,1-3H3/b21-17-. The largest absolute Gasteiger partial charge is 0.289 e. The van der Waals surface area contributed by atoms with Gasteiger partial charge in [-0.2, -0.15) is 0 Å². The number of allylic oxidation sites excluding steroid dienone is 1. The lowest BCUT2D eigenvalue weighted by molar-refractivity contribution is 0.104. The molecule has 0 saturated heterocycles. The highest BCUT2D eigenvalue weighted by atomic mass is 28.3. The molecule has 0 N–H and O–H groups in total. The van der Waals surface area contributed by atoms with Crippen molar-refractivity contribution in [1.29, 1.82) is 0 Å². The number of hydrogen-bond donors (Lipinski definition) is 0. The number of rotatable bonds is 7. The lowest BCUT2D eigenvalue weighted by Gasteiger charge is -2.31. The van der Waals surface area contributed by atoms with Crippen LogP contribution in [0.4, 0.5) is 0 Å². The predicted octanol–water partition coefficient (Wildman–Crippen LogP) is 6.00. The highest BCUT2D eigenvalue weighted by Gasteiger charge is 2.32. The van der Waals surface area contributed by atoms with Gasteiger partial charge in [0.2, 0.25) is 0 Å². The fourth-order valence-electron chi connectivity index (χ4n) is 3.30. The molecule has 0 amide bonds. The third-order valence-electron chi connectivity index (χ3n) is 5.02. The van der Waals surface area contributed by atoms with Gasteiger partial charge in [-0.1, -0.05) is 99.6 Å². The first-order valence-corrected chi connectivity index (χ1v) is 11.2. The van der Waals surface area contributed by atoms with Gasteiger partial charge in [0.05, 0.1) is 8.07 Å². The van der Waals surface area contributed by atoms with Gasteiger partial charge in [0.1, 0.15) is 0 Å². The second-order valence-electron chi connectivity index (χ2n) is 6.00. The average Bonchev–Trinajstić information content (AvgIpc) is 2.64. The van der Waals surface area contributed by atoms with E-state index < -0.39 is 8.07 Å². The van der Waals surface area contributed by atoms with Crippen molar-refractivity contribution >= 4 is 19.1 Å². The van der Waals surface area contributed by atoms with Crippen LogP contribution in [0, 0.1) is 0 Å². The molecule has 0 aliphatic carbocycles. The molecule has 0 atom stereocenters. The van der Waals surface area contributed by atoms with Crippen molar-refractivity contribution in [3.63, 3.8) is 0 Å². The molecule has 120 valence electrons. The molecule has 2 heteroatoms. The Hall–Kier alpha value is -1.93. The van der Waals surface area contributed by atoms with Crippen molar-refractivity contribution in [1.82, 2.24) is 0 Å². The first-order valence-electron chi connectivity index (χ1n) is 8.53. The average molecular weight is 323 g/mol. The summed E-state index contributed by atoms with van der Waals surface area (Å²) in [5, 5.41) is 1.31. The van der Waals surface area contributed by atoms with E-state index in [4.69, 9.17) is 0 Å². The van der Waals surface area contributed by atoms with Crippen LogP contribution in [-0.2, 0) is 0 Å². The quantitative estimate of drug-likeness (QED) is 0.347. The summed E-state index contributed by atoms with van der Waals surface area (Å²) >= 11 is 0. The maximum atomic E-state index is 12.8. The number of carbonyl (C=O) groups is 1. The Morgan fingerprint density at radius 1 is 0.783 bits per heavy atom. The molecule has 0 aliphatic heterocycles. The van der Waals surface area contributed by atoms with Crippen LogP contribution in [0.2, 0.25) is 18.1 Å². The van der Waals surface area contributed by atoms with Crippen molar-refractivity contribution in [2.75, 3.05) is 0 Å². The minimum Gasteiger partial charge on any atom is -0.289 e. The van der Waals surface area contributed by atoms with E-state index >= 15 is 0 Å². The van der Waals surface area contributed by atoms with Crippen molar-refractivity contribution in [2.45, 2.75) is 38.9 Å². The summed E-state index contributed by atoms with van der Waals surface area (Å²) in [4.78, 5) is 12.8. The maximum Gasteiger partial charge on any atom is 0.185 e. The van der Waals surface area contributed by atoms with E-state index in [1.54, 1.807) is 0 Å². The van der Waals surface area contributed by atoms with Crippen molar-refractivity contribution in [3.8, 4) is 0 Å². The minimum atomic E-state index is -1.64. The number of ketones is 1. The smallest absolute Gasteiger partial charge is 0.185 e. The summed E-state index contributed by atoms with van der Waals surface area (Å²) in [6, 6.07) is 23.6. The molecule has 0 aromatic heterocycles. The van der Waals surface area contributed by atoms with Gasteiger partial charge < -0.3 is 0 Å². The molecule has 0 fully saturated rings. The monoisotopic (exact) mass is 322 g/mol. The van der Waals surface area contributed by atoms with E-state index in [9.17, 15) is 4.79 Å². The van der Waals surface area contributed by atoms with Gasteiger partial charge in [0, 0.05) is 5.56 Å². The van der Waals surface area contributed by atoms with E-state index in [-0.39, 0.29) is 5.78 Å². The highest BCUT2D eigenvalue weighted by Crippen LogP contribution is 2.35. The van der Waals surface area contributed by atoms with E-state index in [0.29, 0.717) is 0 Å². The van der Waals surface area contributed by atoms with Gasteiger partial charge in [-0.25, -0.2) is 0 Å². The summed E-state index contributed by atoms with van der Waals surface area (Å²) in [7, 11) is -1.64. The lowest BCUT2D eigenvalue weighted by Crippen LogP contribution is -2.34. The Labute approximate surface area is 141 Å². The number of carbonyl (C=O) groups excluding carboxylic acids is 1. The van der Waals surface area contributed by atoms with Gasteiger partial charge in [-0.05, 0) is 16.8 Å². The summed E-state index contributed by atoms with van der Waals surface area (Å²) in [5.41, 5.74) is 1.99. The molecule has 0 unspecified atom stereocenters. The van der Waals surface area contributed by atoms with Crippen LogP contribution >= 0.6 is 0 Å². The zero-order valence-corrected chi connectivity index (χ0v) is 15.4. The van der Waals surface area contributed by atoms with Gasteiger partial charge in [-0.15, -0.1) is 0 Å². The fourth-order valence-corrected chi connectivity index (χ4v) is 7.16. The SMILES string of the molecule is CC[Si](CC)(CC)/C(=C\C(=O)c1ccccc1)c1ccccc1. The molecule has 2 aromatic rings. The normalized spacial score (nSPS) is 12.2. The van der Waals surface area contributed by atoms with Gasteiger partial charge >= 0.3 is 0 Å². The van der Waals surface area contributed by atoms with Crippen LogP contribution in [0.3, 0.4) is 0 Å². The molecule has 0 saturated carbocycles. The molecule has 0 aliphatic rings. The van der Waals surface area contributed by atoms with Crippen LogP contribution < -0.4 is 0 Å². The molecular weight excluding hydrogens is 296 g/mol. The van der Waals surface area contributed by atoms with Crippen molar-refractivity contribution in [3.05, 3.63) is 77.9 Å². The van der Waals surface area contributed by atoms with E-state index in [1.165, 1.54) is 28.9 Å². The Bertz CT molecular complexity index is 646. The molecule has 0 spiro atoms. The Morgan fingerprint density at radius 3 is 1.65 bits per heavy atom. The van der Waals surface area contributed by atoms with Gasteiger partial charge in [0.15, 0.2) is 5.78 Å². The molecule has 2 rings (SSSR count). The van der Waals surface area contributed by atoms with Crippen molar-refractivity contribution < 1.29 is 4.79 Å². The second-order valence-corrected chi connectivity index (χ2v) is 11.2. The zero-order valence-electron chi connectivity index (χ0n) is 14.4. The molecule has 2 aromatic carbocycles. The highest BCUT2D eigenvalue weighted by molar-refractivity contribution is 6.96. The molecule has 23 heavy (non-hydrogen) atoms. The van der Waals surface area contributed by atoms with Gasteiger partial charge in [-0.3, -0.25) is 4.79 Å². The van der Waals surface area contributed by atoms with Crippen LogP contribution in [0.1, 0.15) is 36.7 Å². The Morgan fingerprint density at radius 2 is 1.22 bits per heavy atom. The van der Waals surface area contributed by atoms with Crippen LogP contribution in [0.25, 0.3) is 5.20 Å². The second kappa shape index (κ2) is 8.07. The summed E-state index contributed by atoms with van der Waals surface area (Å²) in [6.45, 7) is 6.84. The van der Waals surface area contributed by atoms with E-state index in [1.807, 2.05) is 42.5 Å². The van der Waals surface area contributed by atoms with E-state index in [2.05, 4.69) is 45.0 Å². The Balaban J connectivity index is 2.54. The molecule has 1 nitrogen and oxygen atoms in total. The summed E-state index contributed by atoms with van der Waals surface area (Å²) < 4.78 is 0. The fraction of sp³-hybridized carbons (Fsp3) is 0.286. The van der Waals surface area contributed by atoms with Crippen LogP contribution in [0.15, 0.2) is 66.7 Å².